The molecule has 0 amide bonds. The van der Waals surface area contributed by atoms with E-state index in [0.717, 1.165) is 28.3 Å². The number of aryl methyl sites for hydroxylation is 1. The Morgan fingerprint density at radius 2 is 1.76 bits per heavy atom. The molecule has 17 heavy (non-hydrogen) atoms. The molecule has 0 bridgehead atoms. The minimum atomic E-state index is -0.144. The summed E-state index contributed by atoms with van der Waals surface area (Å²) >= 11 is 0. The smallest absolute Gasteiger partial charge is 0.264 e. The molecule has 1 aromatic carbocycles. The highest BCUT2D eigenvalue weighted by Crippen LogP contribution is 2.36. The Morgan fingerprint density at radius 3 is 2.41 bits per heavy atom. The van der Waals surface area contributed by atoms with Crippen molar-refractivity contribution in [3.05, 3.63) is 34.1 Å². The summed E-state index contributed by atoms with van der Waals surface area (Å²) in [5.41, 5.74) is 2.58. The van der Waals surface area contributed by atoms with E-state index in [-0.39, 0.29) is 5.56 Å². The van der Waals surface area contributed by atoms with Crippen LogP contribution in [0.15, 0.2) is 23.0 Å². The second-order valence-corrected chi connectivity index (χ2v) is 3.98. The lowest BCUT2D eigenvalue weighted by Crippen LogP contribution is -2.15. The minimum Gasteiger partial charge on any atom is -0.486 e. The highest BCUT2D eigenvalue weighted by molar-refractivity contribution is 5.68. The van der Waals surface area contributed by atoms with Crippen LogP contribution in [0.5, 0.6) is 11.5 Å². The fourth-order valence-corrected chi connectivity index (χ4v) is 1.96. The molecule has 0 unspecified atom stereocenters. The van der Waals surface area contributed by atoms with Crippen LogP contribution < -0.4 is 15.0 Å². The van der Waals surface area contributed by atoms with Crippen molar-refractivity contribution in [1.82, 2.24) is 10.2 Å². The van der Waals surface area contributed by atoms with Gasteiger partial charge in [-0.2, -0.15) is 0 Å². The molecule has 0 atom stereocenters. The average molecular weight is 232 g/mol. The molecule has 3 rings (SSSR count). The van der Waals surface area contributed by atoms with Crippen LogP contribution in [0.1, 0.15) is 5.56 Å². The van der Waals surface area contributed by atoms with Crippen molar-refractivity contribution in [2.75, 3.05) is 13.2 Å². The third-order valence-corrected chi connectivity index (χ3v) is 2.78. The van der Waals surface area contributed by atoms with Gasteiger partial charge in [-0.05, 0) is 24.6 Å². The molecule has 5 nitrogen and oxygen atoms in total. The van der Waals surface area contributed by atoms with E-state index in [2.05, 4.69) is 10.2 Å². The van der Waals surface area contributed by atoms with Gasteiger partial charge in [-0.25, -0.2) is 0 Å². The summed E-state index contributed by atoms with van der Waals surface area (Å²) in [6.45, 7) is 3.10. The molecule has 0 saturated carbocycles. The van der Waals surface area contributed by atoms with Crippen molar-refractivity contribution >= 4 is 0 Å². The normalized spacial score (nSPS) is 13.7. The molecule has 0 aliphatic carbocycles. The van der Waals surface area contributed by atoms with Crippen molar-refractivity contribution in [1.29, 1.82) is 0 Å². The minimum absolute atomic E-state index is 0.144. The number of ether oxygens (including phenoxy) is 2. The number of fused-ring (bicyclic) bond motifs is 1. The summed E-state index contributed by atoms with van der Waals surface area (Å²) in [5, 5.41) is 5.36. The standard InChI is InChI=1S/C12H12N2O3/c1-7-4-10-11(17-3-2-16-10)5-8(7)9-6-12(15)14-13-9/h4-6H,2-3H2,1H3,(H2,13,14,15). The zero-order valence-electron chi connectivity index (χ0n) is 9.37. The number of nitrogens with one attached hydrogen (secondary N) is 2. The van der Waals surface area contributed by atoms with Gasteiger partial charge in [-0.3, -0.25) is 15.0 Å². The van der Waals surface area contributed by atoms with Gasteiger partial charge in [-0.1, -0.05) is 0 Å². The van der Waals surface area contributed by atoms with Crippen LogP contribution in [0, 0.1) is 6.92 Å². The summed E-state index contributed by atoms with van der Waals surface area (Å²) in [5.74, 6) is 1.48. The number of hydrogen-bond acceptors (Lipinski definition) is 3. The molecular formula is C12H12N2O3. The van der Waals surface area contributed by atoms with Gasteiger partial charge in [0.1, 0.15) is 13.2 Å². The van der Waals surface area contributed by atoms with Crippen molar-refractivity contribution in [3.63, 3.8) is 0 Å². The number of H-pyrrole nitrogens is 2. The molecule has 2 N–H and O–H groups in total. The van der Waals surface area contributed by atoms with E-state index < -0.39 is 0 Å². The van der Waals surface area contributed by atoms with Gasteiger partial charge < -0.3 is 9.47 Å². The summed E-state index contributed by atoms with van der Waals surface area (Å²) in [6.07, 6.45) is 0. The van der Waals surface area contributed by atoms with E-state index in [1.807, 2.05) is 19.1 Å². The van der Waals surface area contributed by atoms with Crippen LogP contribution in [0.3, 0.4) is 0 Å². The molecule has 0 fully saturated rings. The lowest BCUT2D eigenvalue weighted by atomic mass is 10.0. The third kappa shape index (κ3) is 1.69. The maximum absolute atomic E-state index is 11.1. The highest BCUT2D eigenvalue weighted by atomic mass is 16.6. The van der Waals surface area contributed by atoms with Gasteiger partial charge in [0.15, 0.2) is 11.5 Å². The van der Waals surface area contributed by atoms with E-state index in [1.54, 1.807) is 0 Å². The van der Waals surface area contributed by atoms with Gasteiger partial charge >= 0.3 is 0 Å². The van der Waals surface area contributed by atoms with Gasteiger partial charge in [0, 0.05) is 11.6 Å². The second-order valence-electron chi connectivity index (χ2n) is 3.98. The van der Waals surface area contributed by atoms with Crippen LogP contribution in [0.25, 0.3) is 11.3 Å². The maximum Gasteiger partial charge on any atom is 0.264 e. The summed E-state index contributed by atoms with van der Waals surface area (Å²) in [4.78, 5) is 11.1. The molecule has 0 saturated heterocycles. The average Bonchev–Trinajstić information content (AvgIpc) is 2.75. The molecule has 2 heterocycles. The topological polar surface area (TPSA) is 67.1 Å². The fourth-order valence-electron chi connectivity index (χ4n) is 1.96. The van der Waals surface area contributed by atoms with E-state index in [4.69, 9.17) is 9.47 Å². The van der Waals surface area contributed by atoms with Crippen LogP contribution >= 0.6 is 0 Å². The van der Waals surface area contributed by atoms with Crippen molar-refractivity contribution < 1.29 is 9.47 Å². The van der Waals surface area contributed by atoms with Crippen LogP contribution in [-0.2, 0) is 0 Å². The molecule has 1 aromatic heterocycles. The number of benzene rings is 1. The molecule has 1 aliphatic heterocycles. The Kier molecular flexibility index (Phi) is 2.18. The number of hydrogen-bond donors (Lipinski definition) is 2. The first-order valence-electron chi connectivity index (χ1n) is 5.42. The Bertz CT molecular complexity index is 612. The van der Waals surface area contributed by atoms with Gasteiger partial charge in [0.05, 0.1) is 5.69 Å². The van der Waals surface area contributed by atoms with E-state index in [0.29, 0.717) is 13.2 Å². The van der Waals surface area contributed by atoms with Crippen LogP contribution in [0.2, 0.25) is 0 Å². The predicted molar refractivity (Wildman–Crippen MR) is 62.6 cm³/mol. The fraction of sp³-hybridized carbons (Fsp3) is 0.250. The van der Waals surface area contributed by atoms with Gasteiger partial charge in [0.2, 0.25) is 0 Å². The maximum atomic E-state index is 11.1. The number of aromatic amines is 2. The summed E-state index contributed by atoms with van der Waals surface area (Å²) < 4.78 is 11.0. The monoisotopic (exact) mass is 232 g/mol. The van der Waals surface area contributed by atoms with Gasteiger partial charge in [-0.15, -0.1) is 0 Å². The van der Waals surface area contributed by atoms with E-state index >= 15 is 0 Å². The van der Waals surface area contributed by atoms with E-state index in [1.165, 1.54) is 6.07 Å². The Hall–Kier alpha value is -2.17. The molecule has 2 aromatic rings. The Balaban J connectivity index is 2.14. The van der Waals surface area contributed by atoms with Crippen molar-refractivity contribution in [2.45, 2.75) is 6.92 Å². The first-order valence-corrected chi connectivity index (χ1v) is 5.42. The lowest BCUT2D eigenvalue weighted by molar-refractivity contribution is 0.171. The Labute approximate surface area is 97.4 Å². The van der Waals surface area contributed by atoms with Gasteiger partial charge in [0.25, 0.3) is 5.56 Å². The zero-order chi connectivity index (χ0) is 11.8. The Morgan fingerprint density at radius 1 is 1.06 bits per heavy atom. The molecule has 5 heteroatoms. The molecular weight excluding hydrogens is 220 g/mol. The van der Waals surface area contributed by atoms with E-state index in [9.17, 15) is 4.79 Å². The van der Waals surface area contributed by atoms with Crippen molar-refractivity contribution in [2.24, 2.45) is 0 Å². The molecule has 0 spiro atoms. The number of aromatic nitrogens is 2. The van der Waals surface area contributed by atoms with Crippen molar-refractivity contribution in [3.8, 4) is 22.8 Å². The summed E-state index contributed by atoms with van der Waals surface area (Å²) in [7, 11) is 0. The molecule has 0 radical (unpaired) electrons. The second kappa shape index (κ2) is 3.69. The zero-order valence-corrected chi connectivity index (χ0v) is 9.37. The van der Waals surface area contributed by atoms with Crippen LogP contribution in [0.4, 0.5) is 0 Å². The summed E-state index contributed by atoms with van der Waals surface area (Å²) in [6, 6.07) is 5.34. The number of rotatable bonds is 1. The first-order chi connectivity index (χ1) is 8.24. The SMILES string of the molecule is Cc1cc2c(cc1-c1cc(=O)[nH][nH]1)OCCO2. The quantitative estimate of drug-likeness (QED) is 0.782. The largest absolute Gasteiger partial charge is 0.486 e. The third-order valence-electron chi connectivity index (χ3n) is 2.78. The predicted octanol–water partition coefficient (Wildman–Crippen LogP) is 1.45. The van der Waals surface area contributed by atoms with Crippen LogP contribution in [-0.4, -0.2) is 23.4 Å². The first kappa shape index (κ1) is 10.0. The lowest BCUT2D eigenvalue weighted by Gasteiger charge is -2.20. The highest BCUT2D eigenvalue weighted by Gasteiger charge is 2.15. The molecule has 88 valence electrons. The molecule has 1 aliphatic rings.